The van der Waals surface area contributed by atoms with Crippen LogP contribution < -0.4 is 0 Å². The predicted molar refractivity (Wildman–Crippen MR) is 81.6 cm³/mol. The van der Waals surface area contributed by atoms with Gasteiger partial charge in [-0.15, -0.1) is 0 Å². The van der Waals surface area contributed by atoms with Crippen molar-refractivity contribution in [3.05, 3.63) is 38.9 Å². The summed E-state index contributed by atoms with van der Waals surface area (Å²) in [5.74, 6) is 0.267. The quantitative estimate of drug-likeness (QED) is 0.628. The summed E-state index contributed by atoms with van der Waals surface area (Å²) in [6, 6.07) is 4.41. The SMILES string of the molecule is CC1CCCCC1N(C)C(=O)c1ccc(Cl)c([N+](=O)[O-])c1. The van der Waals surface area contributed by atoms with Crippen LogP contribution in [0, 0.1) is 16.0 Å². The van der Waals surface area contributed by atoms with Crippen molar-refractivity contribution >= 4 is 23.2 Å². The molecule has 1 saturated carbocycles. The zero-order valence-electron chi connectivity index (χ0n) is 12.2. The summed E-state index contributed by atoms with van der Waals surface area (Å²) < 4.78 is 0. The average Bonchev–Trinajstić information content (AvgIpc) is 2.46. The molecule has 1 fully saturated rings. The maximum atomic E-state index is 12.5. The van der Waals surface area contributed by atoms with Crippen molar-refractivity contribution in [2.24, 2.45) is 5.92 Å². The number of rotatable bonds is 3. The smallest absolute Gasteiger partial charge is 0.288 e. The number of hydrogen-bond acceptors (Lipinski definition) is 3. The van der Waals surface area contributed by atoms with Crippen molar-refractivity contribution in [3.63, 3.8) is 0 Å². The summed E-state index contributed by atoms with van der Waals surface area (Å²) >= 11 is 5.78. The second kappa shape index (κ2) is 6.43. The van der Waals surface area contributed by atoms with Gasteiger partial charge in [0.2, 0.25) is 0 Å². The molecule has 2 rings (SSSR count). The first-order valence-electron chi connectivity index (χ1n) is 7.13. The molecule has 0 saturated heterocycles. The van der Waals surface area contributed by atoms with E-state index < -0.39 is 4.92 Å². The molecule has 0 aromatic heterocycles. The van der Waals surface area contributed by atoms with Gasteiger partial charge in [-0.05, 0) is 30.9 Å². The Hall–Kier alpha value is -1.62. The van der Waals surface area contributed by atoms with E-state index in [2.05, 4.69) is 6.92 Å². The van der Waals surface area contributed by atoms with Gasteiger partial charge in [0.15, 0.2) is 0 Å². The van der Waals surface area contributed by atoms with Gasteiger partial charge in [-0.3, -0.25) is 14.9 Å². The Labute approximate surface area is 129 Å². The minimum absolute atomic E-state index is 0.0465. The van der Waals surface area contributed by atoms with Crippen LogP contribution in [0.15, 0.2) is 18.2 Å². The minimum atomic E-state index is -0.567. The lowest BCUT2D eigenvalue weighted by Gasteiger charge is -2.36. The van der Waals surface area contributed by atoms with E-state index in [-0.39, 0.29) is 22.7 Å². The fraction of sp³-hybridized carbons (Fsp3) is 0.533. The first-order chi connectivity index (χ1) is 9.91. The fourth-order valence-corrected chi connectivity index (χ4v) is 3.20. The van der Waals surface area contributed by atoms with E-state index in [0.29, 0.717) is 11.5 Å². The van der Waals surface area contributed by atoms with Gasteiger partial charge in [-0.25, -0.2) is 0 Å². The summed E-state index contributed by atoms with van der Waals surface area (Å²) in [6.45, 7) is 2.15. The number of nitrogens with zero attached hydrogens (tertiary/aromatic N) is 2. The van der Waals surface area contributed by atoms with E-state index in [0.717, 1.165) is 19.3 Å². The van der Waals surface area contributed by atoms with Gasteiger partial charge < -0.3 is 4.90 Å². The molecule has 0 aliphatic heterocycles. The van der Waals surface area contributed by atoms with Crippen molar-refractivity contribution < 1.29 is 9.72 Å². The largest absolute Gasteiger partial charge is 0.338 e. The molecular weight excluding hydrogens is 292 g/mol. The van der Waals surface area contributed by atoms with Gasteiger partial charge in [0.1, 0.15) is 5.02 Å². The molecule has 1 aromatic rings. The van der Waals surface area contributed by atoms with Crippen LogP contribution in [-0.2, 0) is 0 Å². The summed E-state index contributed by atoms with van der Waals surface area (Å²) in [5, 5.41) is 11.0. The van der Waals surface area contributed by atoms with Gasteiger partial charge >= 0.3 is 0 Å². The zero-order valence-corrected chi connectivity index (χ0v) is 13.0. The predicted octanol–water partition coefficient (Wildman–Crippen LogP) is 3.90. The number of amides is 1. The number of halogens is 1. The lowest BCUT2D eigenvalue weighted by atomic mass is 9.85. The van der Waals surface area contributed by atoms with Crippen LogP contribution in [0.5, 0.6) is 0 Å². The molecule has 1 aliphatic rings. The Balaban J connectivity index is 2.23. The second-order valence-electron chi connectivity index (χ2n) is 5.67. The molecule has 114 valence electrons. The van der Waals surface area contributed by atoms with Crippen LogP contribution in [0.2, 0.25) is 5.02 Å². The highest BCUT2D eigenvalue weighted by atomic mass is 35.5. The number of carbonyl (C=O) groups is 1. The van der Waals surface area contributed by atoms with Crippen molar-refractivity contribution in [3.8, 4) is 0 Å². The lowest BCUT2D eigenvalue weighted by Crippen LogP contribution is -2.42. The summed E-state index contributed by atoms with van der Waals surface area (Å²) in [7, 11) is 1.77. The third-order valence-electron chi connectivity index (χ3n) is 4.27. The Kier molecular flexibility index (Phi) is 4.83. The normalized spacial score (nSPS) is 21.9. The lowest BCUT2D eigenvalue weighted by molar-refractivity contribution is -0.384. The average molecular weight is 311 g/mol. The molecule has 2 atom stereocenters. The van der Waals surface area contributed by atoms with Crippen LogP contribution in [0.25, 0.3) is 0 Å². The zero-order chi connectivity index (χ0) is 15.6. The van der Waals surface area contributed by atoms with E-state index in [4.69, 9.17) is 11.6 Å². The third kappa shape index (κ3) is 3.35. The molecule has 1 amide bonds. The van der Waals surface area contributed by atoms with Crippen molar-refractivity contribution in [2.75, 3.05) is 7.05 Å². The highest BCUT2D eigenvalue weighted by Crippen LogP contribution is 2.30. The van der Waals surface area contributed by atoms with Gasteiger partial charge in [0.05, 0.1) is 4.92 Å². The Morgan fingerprint density at radius 3 is 2.67 bits per heavy atom. The molecular formula is C15H19ClN2O3. The fourth-order valence-electron chi connectivity index (χ4n) is 3.01. The molecule has 6 heteroatoms. The summed E-state index contributed by atoms with van der Waals surface area (Å²) in [6.07, 6.45) is 4.42. The maximum absolute atomic E-state index is 12.5. The molecule has 21 heavy (non-hydrogen) atoms. The first-order valence-corrected chi connectivity index (χ1v) is 7.50. The molecule has 2 unspecified atom stereocenters. The third-order valence-corrected chi connectivity index (χ3v) is 4.59. The van der Waals surface area contributed by atoms with E-state index >= 15 is 0 Å². The van der Waals surface area contributed by atoms with Crippen LogP contribution in [0.4, 0.5) is 5.69 Å². The molecule has 1 aromatic carbocycles. The molecule has 0 radical (unpaired) electrons. The van der Waals surface area contributed by atoms with Gasteiger partial charge in [-0.1, -0.05) is 31.4 Å². The number of carbonyl (C=O) groups excluding carboxylic acids is 1. The summed E-state index contributed by atoms with van der Waals surface area (Å²) in [4.78, 5) is 24.6. The minimum Gasteiger partial charge on any atom is -0.338 e. The van der Waals surface area contributed by atoms with Crippen molar-refractivity contribution in [2.45, 2.75) is 38.6 Å². The van der Waals surface area contributed by atoms with Gasteiger partial charge in [0.25, 0.3) is 11.6 Å². The van der Waals surface area contributed by atoms with E-state index in [1.807, 2.05) is 0 Å². The van der Waals surface area contributed by atoms with Crippen LogP contribution in [0.1, 0.15) is 43.0 Å². The molecule has 0 spiro atoms. The molecule has 0 heterocycles. The Morgan fingerprint density at radius 2 is 2.05 bits per heavy atom. The van der Waals surface area contributed by atoms with Crippen LogP contribution in [-0.4, -0.2) is 28.8 Å². The van der Waals surface area contributed by atoms with E-state index in [1.54, 1.807) is 18.0 Å². The van der Waals surface area contributed by atoms with Crippen LogP contribution in [0.3, 0.4) is 0 Å². The number of benzene rings is 1. The molecule has 0 N–H and O–H groups in total. The van der Waals surface area contributed by atoms with Gasteiger partial charge in [-0.2, -0.15) is 0 Å². The highest BCUT2D eigenvalue weighted by Gasteiger charge is 2.29. The number of hydrogen-bond donors (Lipinski definition) is 0. The van der Waals surface area contributed by atoms with E-state index in [9.17, 15) is 14.9 Å². The van der Waals surface area contributed by atoms with Crippen molar-refractivity contribution in [1.82, 2.24) is 4.90 Å². The topological polar surface area (TPSA) is 63.5 Å². The Bertz CT molecular complexity index is 562. The molecule has 5 nitrogen and oxygen atoms in total. The maximum Gasteiger partial charge on any atom is 0.288 e. The standard InChI is InChI=1S/C15H19ClN2O3/c1-10-5-3-4-6-13(10)17(2)15(19)11-7-8-12(16)14(9-11)18(20)21/h7-10,13H,3-6H2,1-2H3. The van der Waals surface area contributed by atoms with Gasteiger partial charge in [0, 0.05) is 24.7 Å². The molecule has 1 aliphatic carbocycles. The molecule has 0 bridgehead atoms. The van der Waals surface area contributed by atoms with E-state index in [1.165, 1.54) is 18.6 Å². The Morgan fingerprint density at radius 1 is 1.38 bits per heavy atom. The summed E-state index contributed by atoms with van der Waals surface area (Å²) in [5.41, 5.74) is 0.0824. The van der Waals surface area contributed by atoms with Crippen molar-refractivity contribution in [1.29, 1.82) is 0 Å². The second-order valence-corrected chi connectivity index (χ2v) is 6.08. The number of nitro benzene ring substituents is 1. The monoisotopic (exact) mass is 310 g/mol. The highest BCUT2D eigenvalue weighted by molar-refractivity contribution is 6.32. The van der Waals surface area contributed by atoms with Crippen LogP contribution >= 0.6 is 11.6 Å². The first kappa shape index (κ1) is 15.8. The number of nitro groups is 1.